The Morgan fingerprint density at radius 1 is 1.28 bits per heavy atom. The third-order valence-corrected chi connectivity index (χ3v) is 5.99. The Bertz CT molecular complexity index is 808. The van der Waals surface area contributed by atoms with Crippen LogP contribution in [-0.4, -0.2) is 22.5 Å². The Balaban J connectivity index is 1.94. The van der Waals surface area contributed by atoms with Crippen LogP contribution in [0.2, 0.25) is 0 Å². The fraction of sp³-hybridized carbons (Fsp3) is 0.263. The number of hydrogen-bond acceptors (Lipinski definition) is 4. The lowest BCUT2D eigenvalue weighted by Gasteiger charge is -2.26. The summed E-state index contributed by atoms with van der Waals surface area (Å²) in [4.78, 5) is 26.3. The van der Waals surface area contributed by atoms with Crippen LogP contribution < -0.4 is 4.90 Å². The molecular weight excluding hydrogens is 357 g/mol. The summed E-state index contributed by atoms with van der Waals surface area (Å²) in [5.74, 6) is 0.836. The van der Waals surface area contributed by atoms with Crippen LogP contribution in [0.3, 0.4) is 0 Å². The van der Waals surface area contributed by atoms with Gasteiger partial charge in [-0.25, -0.2) is 4.39 Å². The smallest absolute Gasteiger partial charge is 0.238 e. The molecule has 130 valence electrons. The summed E-state index contributed by atoms with van der Waals surface area (Å²) in [6.07, 6.45) is 0. The Morgan fingerprint density at radius 2 is 2.00 bits per heavy atom. The van der Waals surface area contributed by atoms with E-state index >= 15 is 0 Å². The molecule has 3 rings (SSSR count). The monoisotopic (exact) mass is 375 g/mol. The third kappa shape index (κ3) is 3.75. The summed E-state index contributed by atoms with van der Waals surface area (Å²) in [5.41, 5.74) is 3.21. The van der Waals surface area contributed by atoms with Crippen LogP contribution in [0.25, 0.3) is 0 Å². The molecule has 25 heavy (non-hydrogen) atoms. The Hall–Kier alpha value is -1.79. The molecule has 3 nitrogen and oxygen atoms in total. The van der Waals surface area contributed by atoms with E-state index in [1.807, 2.05) is 26.0 Å². The number of hydrogen-bond donors (Lipinski definition) is 0. The van der Waals surface area contributed by atoms with Crippen molar-refractivity contribution in [3.05, 3.63) is 65.0 Å². The second kappa shape index (κ2) is 7.62. The molecule has 1 fully saturated rings. The number of aryl methyl sites for hydroxylation is 1. The molecule has 1 amide bonds. The van der Waals surface area contributed by atoms with Crippen molar-refractivity contribution >= 4 is 40.2 Å². The molecule has 1 atom stereocenters. The highest BCUT2D eigenvalue weighted by atomic mass is 32.2. The minimum absolute atomic E-state index is 0.0180. The van der Waals surface area contributed by atoms with E-state index in [4.69, 9.17) is 0 Å². The topological polar surface area (TPSA) is 37.4 Å². The number of anilines is 1. The first-order valence-corrected chi connectivity index (χ1v) is 10.0. The maximum absolute atomic E-state index is 13.2. The number of nitrogens with zero attached hydrogens (tertiary/aromatic N) is 1. The van der Waals surface area contributed by atoms with E-state index < -0.39 is 0 Å². The number of rotatable bonds is 4. The number of carbonyl (C=O) groups is 2. The van der Waals surface area contributed by atoms with Gasteiger partial charge in [0.1, 0.15) is 11.2 Å². The lowest BCUT2D eigenvalue weighted by molar-refractivity contribution is -0.115. The van der Waals surface area contributed by atoms with Crippen LogP contribution in [0.4, 0.5) is 10.1 Å². The highest BCUT2D eigenvalue weighted by Gasteiger charge is 2.34. The largest absolute Gasteiger partial charge is 0.295 e. The van der Waals surface area contributed by atoms with Gasteiger partial charge in [0.05, 0.1) is 5.75 Å². The standard InChI is InChI=1S/C19H18FNO2S2/c1-3-24-19(23)14-6-9-16(12(2)10-14)21-17(22)11-25-18(21)13-4-7-15(20)8-5-13/h4-10,18H,3,11H2,1-2H3. The first-order chi connectivity index (χ1) is 12.0. The molecule has 1 saturated heterocycles. The minimum Gasteiger partial charge on any atom is -0.295 e. The molecule has 6 heteroatoms. The predicted molar refractivity (Wildman–Crippen MR) is 103 cm³/mol. The zero-order chi connectivity index (χ0) is 18.0. The molecule has 1 heterocycles. The van der Waals surface area contributed by atoms with Crippen molar-refractivity contribution in [2.24, 2.45) is 0 Å². The van der Waals surface area contributed by atoms with E-state index in [0.717, 1.165) is 22.6 Å². The minimum atomic E-state index is -0.294. The molecule has 0 bridgehead atoms. The van der Waals surface area contributed by atoms with E-state index in [1.54, 1.807) is 23.1 Å². The molecular formula is C19H18FNO2S2. The van der Waals surface area contributed by atoms with Crippen molar-refractivity contribution in [3.63, 3.8) is 0 Å². The van der Waals surface area contributed by atoms with Crippen LogP contribution in [-0.2, 0) is 4.79 Å². The Kier molecular flexibility index (Phi) is 5.49. The SMILES string of the molecule is CCSC(=O)c1ccc(N2C(=O)CSC2c2ccc(F)cc2)c(C)c1. The zero-order valence-electron chi connectivity index (χ0n) is 14.0. The van der Waals surface area contributed by atoms with Crippen molar-refractivity contribution in [2.45, 2.75) is 19.2 Å². The van der Waals surface area contributed by atoms with Gasteiger partial charge in [0, 0.05) is 11.3 Å². The summed E-state index contributed by atoms with van der Waals surface area (Å²) in [6.45, 7) is 3.85. The van der Waals surface area contributed by atoms with E-state index in [9.17, 15) is 14.0 Å². The van der Waals surface area contributed by atoms with Gasteiger partial charge >= 0.3 is 0 Å². The van der Waals surface area contributed by atoms with Gasteiger partial charge in [-0.2, -0.15) is 0 Å². The average Bonchev–Trinajstić information content (AvgIpc) is 2.97. The molecule has 1 unspecified atom stereocenters. The summed E-state index contributed by atoms with van der Waals surface area (Å²) < 4.78 is 13.2. The van der Waals surface area contributed by atoms with Crippen molar-refractivity contribution in [2.75, 3.05) is 16.4 Å². The number of benzene rings is 2. The number of thioether (sulfide) groups is 2. The van der Waals surface area contributed by atoms with E-state index in [1.165, 1.54) is 35.7 Å². The van der Waals surface area contributed by atoms with Gasteiger partial charge < -0.3 is 0 Å². The van der Waals surface area contributed by atoms with E-state index in [0.29, 0.717) is 11.3 Å². The fourth-order valence-electron chi connectivity index (χ4n) is 2.83. The van der Waals surface area contributed by atoms with Crippen molar-refractivity contribution in [1.82, 2.24) is 0 Å². The second-order valence-corrected chi connectivity index (χ2v) is 8.01. The van der Waals surface area contributed by atoms with Crippen LogP contribution in [0.15, 0.2) is 42.5 Å². The fourth-order valence-corrected chi connectivity index (χ4v) is 4.55. The van der Waals surface area contributed by atoms with E-state index in [-0.39, 0.29) is 22.2 Å². The predicted octanol–water partition coefficient (Wildman–Crippen LogP) is 4.81. The molecule has 0 saturated carbocycles. The molecule has 0 N–H and O–H groups in total. The molecule has 0 aliphatic carbocycles. The lowest BCUT2D eigenvalue weighted by atomic mass is 10.1. The quantitative estimate of drug-likeness (QED) is 0.769. The Morgan fingerprint density at radius 3 is 2.64 bits per heavy atom. The van der Waals surface area contributed by atoms with Gasteiger partial charge in [-0.15, -0.1) is 11.8 Å². The molecule has 0 spiro atoms. The average molecular weight is 375 g/mol. The highest BCUT2D eigenvalue weighted by Crippen LogP contribution is 2.43. The van der Waals surface area contributed by atoms with Crippen molar-refractivity contribution < 1.29 is 14.0 Å². The summed E-state index contributed by atoms with van der Waals surface area (Å²) in [7, 11) is 0. The summed E-state index contributed by atoms with van der Waals surface area (Å²) >= 11 is 2.79. The van der Waals surface area contributed by atoms with Crippen LogP contribution in [0.5, 0.6) is 0 Å². The Labute approximate surface area is 155 Å². The van der Waals surface area contributed by atoms with E-state index in [2.05, 4.69) is 0 Å². The molecule has 1 aliphatic heterocycles. The summed E-state index contributed by atoms with van der Waals surface area (Å²) in [5, 5.41) is -0.146. The van der Waals surface area contributed by atoms with Gasteiger partial charge in [-0.1, -0.05) is 30.8 Å². The van der Waals surface area contributed by atoms with Gasteiger partial charge in [0.25, 0.3) is 0 Å². The van der Waals surface area contributed by atoms with Gasteiger partial charge in [-0.05, 0) is 54.1 Å². The number of amides is 1. The van der Waals surface area contributed by atoms with Crippen molar-refractivity contribution in [1.29, 1.82) is 0 Å². The first kappa shape index (κ1) is 18.0. The van der Waals surface area contributed by atoms with Crippen LogP contribution in [0, 0.1) is 12.7 Å². The third-order valence-electron chi connectivity index (χ3n) is 3.99. The van der Waals surface area contributed by atoms with Crippen LogP contribution >= 0.6 is 23.5 Å². The van der Waals surface area contributed by atoms with Crippen molar-refractivity contribution in [3.8, 4) is 0 Å². The van der Waals surface area contributed by atoms with Gasteiger partial charge in [0.2, 0.25) is 11.0 Å². The first-order valence-electron chi connectivity index (χ1n) is 7.98. The zero-order valence-corrected chi connectivity index (χ0v) is 15.6. The maximum Gasteiger partial charge on any atom is 0.238 e. The number of carbonyl (C=O) groups excluding carboxylic acids is 2. The molecule has 0 radical (unpaired) electrons. The van der Waals surface area contributed by atoms with Gasteiger partial charge in [-0.3, -0.25) is 14.5 Å². The van der Waals surface area contributed by atoms with Gasteiger partial charge in [0.15, 0.2) is 0 Å². The maximum atomic E-state index is 13.2. The summed E-state index contributed by atoms with van der Waals surface area (Å²) in [6, 6.07) is 11.7. The highest BCUT2D eigenvalue weighted by molar-refractivity contribution is 8.14. The molecule has 2 aromatic rings. The molecule has 0 aromatic heterocycles. The normalized spacial score (nSPS) is 17.2. The lowest BCUT2D eigenvalue weighted by Crippen LogP contribution is -2.28. The number of halogens is 1. The van der Waals surface area contributed by atoms with Crippen LogP contribution in [0.1, 0.15) is 33.8 Å². The molecule has 2 aromatic carbocycles. The second-order valence-electron chi connectivity index (χ2n) is 5.70. The molecule has 1 aliphatic rings.